The lowest BCUT2D eigenvalue weighted by molar-refractivity contribution is -0.118. The van der Waals surface area contributed by atoms with E-state index < -0.39 is 103 Å². The molecule has 3 saturated heterocycles. The number of phosphoric acid groups is 1. The third kappa shape index (κ3) is 9.52. The number of hydrogen-bond donors (Lipinski definition) is 4. The van der Waals surface area contributed by atoms with Crippen molar-refractivity contribution in [2.75, 3.05) is 30.5 Å². The summed E-state index contributed by atoms with van der Waals surface area (Å²) < 4.78 is 75.5. The van der Waals surface area contributed by atoms with Crippen molar-refractivity contribution in [2.45, 2.75) is 103 Å². The van der Waals surface area contributed by atoms with Crippen LogP contribution in [-0.4, -0.2) is 114 Å². The monoisotopic (exact) mass is 958 g/mol. The van der Waals surface area contributed by atoms with Crippen LogP contribution in [0.1, 0.15) is 64.4 Å². The molecule has 0 spiro atoms. The Kier molecular flexibility index (Phi) is 12.7. The van der Waals surface area contributed by atoms with Gasteiger partial charge in [-0.2, -0.15) is 4.98 Å². The predicted molar refractivity (Wildman–Crippen MR) is 235 cm³/mol. The van der Waals surface area contributed by atoms with Gasteiger partial charge in [0.1, 0.15) is 30.7 Å². The van der Waals surface area contributed by atoms with Crippen LogP contribution in [0.2, 0.25) is 18.1 Å². The highest BCUT2D eigenvalue weighted by Gasteiger charge is 2.55. The van der Waals surface area contributed by atoms with E-state index in [1.807, 2.05) is 33.9 Å². The maximum atomic E-state index is 14.5. The number of fused-ring (bicyclic) bond motifs is 5. The largest absolute Gasteiger partial charge is 0.472 e. The summed E-state index contributed by atoms with van der Waals surface area (Å²) in [6.07, 6.45) is -4.21. The number of H-pyrrole nitrogens is 1. The number of imidazole rings is 2. The van der Waals surface area contributed by atoms with Crippen LogP contribution in [0.5, 0.6) is 0 Å². The number of aromatic amines is 1. The number of aromatic nitrogens is 8. The molecule has 4 unspecified atom stereocenters. The van der Waals surface area contributed by atoms with Crippen molar-refractivity contribution in [1.82, 2.24) is 39.0 Å². The number of nitrogens with zero attached hydrogens (tertiary/aromatic N) is 7. The first kappa shape index (κ1) is 46.9. The van der Waals surface area contributed by atoms with Gasteiger partial charge in [-0.25, -0.2) is 24.5 Å². The Hall–Kier alpha value is -4.58. The molecule has 5 aromatic rings. The van der Waals surface area contributed by atoms with Gasteiger partial charge in [0.2, 0.25) is 11.9 Å². The van der Waals surface area contributed by atoms with Gasteiger partial charge in [-0.05, 0) is 30.3 Å². The molecule has 0 radical (unpaired) electrons. The number of amides is 2. The van der Waals surface area contributed by atoms with Gasteiger partial charge in [0.15, 0.2) is 48.9 Å². The lowest BCUT2D eigenvalue weighted by atomic mass is 10.0. The zero-order valence-electron chi connectivity index (χ0n) is 37.1. The fourth-order valence-corrected chi connectivity index (χ4v) is 10.9. The molecule has 3 aliphatic heterocycles. The summed E-state index contributed by atoms with van der Waals surface area (Å²) in [4.78, 5) is 74.7. The Morgan fingerprint density at radius 3 is 2.26 bits per heavy atom. The molecule has 2 amide bonds. The molecule has 0 saturated carbocycles. The molecule has 350 valence electrons. The maximum absolute atomic E-state index is 14.5. The van der Waals surface area contributed by atoms with Crippen LogP contribution in [0.3, 0.4) is 0 Å². The second-order valence-electron chi connectivity index (χ2n) is 18.1. The Bertz CT molecular complexity index is 2760. The first-order chi connectivity index (χ1) is 30.5. The van der Waals surface area contributed by atoms with Crippen molar-refractivity contribution in [1.29, 1.82) is 0 Å². The second-order valence-corrected chi connectivity index (χ2v) is 26.2. The van der Waals surface area contributed by atoms with Crippen LogP contribution in [0, 0.1) is 11.8 Å². The molecule has 3 fully saturated rings. The summed E-state index contributed by atoms with van der Waals surface area (Å²) in [5, 5.41) is 4.98. The number of hydrogen-bond acceptors (Lipinski definition) is 17. The average molecular weight is 959 g/mol. The molecule has 65 heavy (non-hydrogen) atoms. The van der Waals surface area contributed by atoms with E-state index in [0.717, 1.165) is 0 Å². The van der Waals surface area contributed by atoms with Crippen molar-refractivity contribution < 1.29 is 55.6 Å². The van der Waals surface area contributed by atoms with Crippen LogP contribution < -0.4 is 16.2 Å². The second kappa shape index (κ2) is 17.6. The minimum Gasteiger partial charge on any atom is -0.407 e. The SMILES string of the molecule is CC(C)C(=O)Nc1nc2c(ncn2[C@@H]2O[C@@H]3COP(=O)(O)OC4[C@@H](C)[C@@H](COP(C)(=O)OC3[C@@H]2O[Si](C)(C)C(C)(C)C)O[C@H]4n2cnc3c(NC(=O)c4ccccc4)ncnc32)c(=O)[nH]1. The number of rotatable bonds is 8. The van der Waals surface area contributed by atoms with E-state index in [9.17, 15) is 28.4 Å². The summed E-state index contributed by atoms with van der Waals surface area (Å²) in [6.45, 7) is 15.4. The van der Waals surface area contributed by atoms with Crippen LogP contribution >= 0.6 is 15.4 Å². The minimum atomic E-state index is -5.02. The zero-order valence-corrected chi connectivity index (χ0v) is 39.9. The summed E-state index contributed by atoms with van der Waals surface area (Å²) >= 11 is 0. The molecule has 4 aromatic heterocycles. The summed E-state index contributed by atoms with van der Waals surface area (Å²) in [5.41, 5.74) is 0.0845. The van der Waals surface area contributed by atoms with E-state index in [1.54, 1.807) is 51.1 Å². The van der Waals surface area contributed by atoms with Gasteiger partial charge < -0.3 is 28.6 Å². The van der Waals surface area contributed by atoms with Gasteiger partial charge in [-0.3, -0.25) is 52.0 Å². The van der Waals surface area contributed by atoms with E-state index in [-0.39, 0.29) is 45.7 Å². The van der Waals surface area contributed by atoms with Gasteiger partial charge in [-0.1, -0.05) is 59.7 Å². The van der Waals surface area contributed by atoms with E-state index in [4.69, 9.17) is 32.0 Å². The molecule has 2 bridgehead atoms. The number of anilines is 2. The molecule has 0 aliphatic carbocycles. The van der Waals surface area contributed by atoms with E-state index >= 15 is 0 Å². The van der Waals surface area contributed by atoms with Crippen LogP contribution in [-0.2, 0) is 45.9 Å². The molecular weight excluding hydrogens is 907 g/mol. The number of phosphoric ester groups is 1. The zero-order chi connectivity index (χ0) is 46.8. The summed E-state index contributed by atoms with van der Waals surface area (Å²) in [7, 11) is -11.9. The van der Waals surface area contributed by atoms with Crippen LogP contribution in [0.4, 0.5) is 11.8 Å². The lowest BCUT2D eigenvalue weighted by Crippen LogP contribution is -2.49. The highest BCUT2D eigenvalue weighted by Crippen LogP contribution is 2.56. The van der Waals surface area contributed by atoms with Crippen molar-refractivity contribution >= 4 is 69.6 Å². The van der Waals surface area contributed by atoms with Crippen molar-refractivity contribution in [3.05, 3.63) is 65.2 Å². The van der Waals surface area contributed by atoms with Crippen molar-refractivity contribution in [3.63, 3.8) is 0 Å². The summed E-state index contributed by atoms with van der Waals surface area (Å²) in [5.74, 6) is -1.96. The lowest BCUT2D eigenvalue weighted by Gasteiger charge is -2.40. The predicted octanol–water partition coefficient (Wildman–Crippen LogP) is 5.37. The number of carbonyl (C=O) groups is 2. The first-order valence-electron chi connectivity index (χ1n) is 20.9. The Morgan fingerprint density at radius 1 is 0.908 bits per heavy atom. The molecule has 26 heteroatoms. The van der Waals surface area contributed by atoms with E-state index in [0.29, 0.717) is 5.56 Å². The average Bonchev–Trinajstić information content (AvgIpc) is 4.00. The number of nitrogens with one attached hydrogen (secondary N) is 3. The van der Waals surface area contributed by atoms with Crippen molar-refractivity contribution in [3.8, 4) is 0 Å². The highest BCUT2D eigenvalue weighted by molar-refractivity contribution is 7.53. The van der Waals surface area contributed by atoms with Gasteiger partial charge >= 0.3 is 15.4 Å². The molecule has 10 atom stereocenters. The number of benzene rings is 1. The third-order valence-electron chi connectivity index (χ3n) is 12.0. The highest BCUT2D eigenvalue weighted by atomic mass is 31.2. The molecule has 8 rings (SSSR count). The quantitative estimate of drug-likeness (QED) is 0.112. The number of carbonyl (C=O) groups excluding carboxylic acids is 2. The standard InChI is InChI=1S/C39H52N10O13P2Si/c1-20(2)33(50)46-38-45-32-26(35(52)47-38)43-19-49(32)37-29(62-65(8,9)39(4,5)6)28-24(59-37)16-57-64(54,55)61-27-21(3)23(15-56-63(7,53)60-28)58-36(27)48-18-42-25-30(40-17-41-31(25)48)44-34(51)22-13-11-10-12-14-22/h10-14,17-21,23-24,27-29,36-37H,15-16H2,1-9H3,(H,54,55)(H,40,41,44,51)(H2,45,46,47,50,52)/t21-,23+,24+,27?,28?,29-,36+,37+,63?/m0/s1. The van der Waals surface area contributed by atoms with Crippen LogP contribution in [0.25, 0.3) is 22.3 Å². The Labute approximate surface area is 373 Å². The Morgan fingerprint density at radius 2 is 1.57 bits per heavy atom. The molecule has 23 nitrogen and oxygen atoms in total. The maximum Gasteiger partial charge on any atom is 0.472 e. The van der Waals surface area contributed by atoms with E-state index in [1.165, 1.54) is 34.8 Å². The van der Waals surface area contributed by atoms with Gasteiger partial charge in [0.25, 0.3) is 11.5 Å². The fraction of sp³-hybridized carbons (Fsp3) is 0.538. The van der Waals surface area contributed by atoms with Gasteiger partial charge in [0, 0.05) is 24.1 Å². The topological polar surface area (TPSA) is 284 Å². The minimum absolute atomic E-state index is 0.0141. The molecule has 4 N–H and O–H groups in total. The van der Waals surface area contributed by atoms with Gasteiger partial charge in [0.05, 0.1) is 32.0 Å². The fourth-order valence-electron chi connectivity index (χ4n) is 7.39. The normalized spacial score (nSPS) is 30.1. The summed E-state index contributed by atoms with van der Waals surface area (Å²) in [6, 6.07) is 8.53. The van der Waals surface area contributed by atoms with Crippen LogP contribution in [0.15, 0.2) is 54.1 Å². The van der Waals surface area contributed by atoms with Crippen molar-refractivity contribution in [2.24, 2.45) is 11.8 Å². The molecule has 3 aliphatic rings. The molecule has 7 heterocycles. The number of ether oxygens (including phenoxy) is 2. The Balaban J connectivity index is 1.13. The molecular formula is C39H52N10O13P2Si. The smallest absolute Gasteiger partial charge is 0.407 e. The van der Waals surface area contributed by atoms with E-state index in [2.05, 4.69) is 40.5 Å². The molecule has 1 aromatic carbocycles. The third-order valence-corrected chi connectivity index (χ3v) is 18.7. The van der Waals surface area contributed by atoms with Gasteiger partial charge in [-0.15, -0.1) is 0 Å². The first-order valence-corrected chi connectivity index (χ1v) is 27.3.